The van der Waals surface area contributed by atoms with Crippen LogP contribution in [0.2, 0.25) is 0 Å². The summed E-state index contributed by atoms with van der Waals surface area (Å²) < 4.78 is 0. The maximum atomic E-state index is 8.34. The number of rotatable bonds is 0. The molecule has 1 heterocycles. The minimum atomic E-state index is 0.326. The second-order valence-electron chi connectivity index (χ2n) is 1.72. The first kappa shape index (κ1) is 5.70. The Bertz CT molecular complexity index is 252. The Hall–Kier alpha value is -1.43. The molecule has 0 aromatic carbocycles. The SMILES string of the molecule is C=C1C(C)=NN=C1C#N. The van der Waals surface area contributed by atoms with Gasteiger partial charge in [0.25, 0.3) is 0 Å². The topological polar surface area (TPSA) is 48.5 Å². The average Bonchev–Trinajstić information content (AvgIpc) is 2.15. The van der Waals surface area contributed by atoms with Crippen molar-refractivity contribution in [3.8, 4) is 6.07 Å². The van der Waals surface area contributed by atoms with Crippen molar-refractivity contribution in [2.24, 2.45) is 10.2 Å². The van der Waals surface area contributed by atoms with Crippen LogP contribution in [-0.2, 0) is 0 Å². The maximum absolute atomic E-state index is 8.34. The van der Waals surface area contributed by atoms with E-state index in [2.05, 4.69) is 16.8 Å². The van der Waals surface area contributed by atoms with Gasteiger partial charge in [0.2, 0.25) is 0 Å². The molecule has 3 nitrogen and oxygen atoms in total. The van der Waals surface area contributed by atoms with E-state index in [0.29, 0.717) is 11.3 Å². The third kappa shape index (κ3) is 0.745. The summed E-state index contributed by atoms with van der Waals surface area (Å²) in [4.78, 5) is 0. The van der Waals surface area contributed by atoms with Gasteiger partial charge in [0, 0.05) is 5.57 Å². The highest BCUT2D eigenvalue weighted by Crippen LogP contribution is 2.06. The smallest absolute Gasteiger partial charge is 0.171 e. The van der Waals surface area contributed by atoms with Crippen molar-refractivity contribution in [1.82, 2.24) is 0 Å². The molecule has 0 aromatic rings. The Morgan fingerprint density at radius 1 is 1.56 bits per heavy atom. The van der Waals surface area contributed by atoms with Gasteiger partial charge in [-0.05, 0) is 6.92 Å². The van der Waals surface area contributed by atoms with E-state index in [9.17, 15) is 0 Å². The molecule has 44 valence electrons. The van der Waals surface area contributed by atoms with Crippen LogP contribution in [0.1, 0.15) is 6.92 Å². The predicted octanol–water partition coefficient (Wildman–Crippen LogP) is 0.897. The number of nitriles is 1. The first-order valence-electron chi connectivity index (χ1n) is 2.47. The van der Waals surface area contributed by atoms with E-state index in [0.717, 1.165) is 5.71 Å². The third-order valence-corrected chi connectivity index (χ3v) is 1.13. The van der Waals surface area contributed by atoms with Crippen molar-refractivity contribution in [2.75, 3.05) is 0 Å². The standard InChI is InChI=1S/C6H5N3/c1-4-5(2)8-9-6(4)3-7/h1H2,2H3. The molecule has 1 aliphatic rings. The van der Waals surface area contributed by atoms with Crippen LogP contribution in [0, 0.1) is 11.3 Å². The minimum Gasteiger partial charge on any atom is -0.191 e. The zero-order valence-electron chi connectivity index (χ0n) is 5.05. The van der Waals surface area contributed by atoms with Gasteiger partial charge in [-0.15, -0.1) is 5.10 Å². The van der Waals surface area contributed by atoms with Crippen LogP contribution in [0.4, 0.5) is 0 Å². The molecule has 0 fully saturated rings. The van der Waals surface area contributed by atoms with E-state index in [1.807, 2.05) is 6.07 Å². The Balaban J connectivity index is 2.96. The summed E-state index contributed by atoms with van der Waals surface area (Å²) in [6.07, 6.45) is 0. The van der Waals surface area contributed by atoms with Crippen LogP contribution < -0.4 is 0 Å². The number of hydrogen-bond acceptors (Lipinski definition) is 3. The Kier molecular flexibility index (Phi) is 1.16. The molecule has 0 amide bonds. The molecule has 0 aliphatic carbocycles. The molecule has 0 atom stereocenters. The second kappa shape index (κ2) is 1.82. The largest absolute Gasteiger partial charge is 0.191 e. The van der Waals surface area contributed by atoms with Gasteiger partial charge in [-0.2, -0.15) is 10.4 Å². The summed E-state index contributed by atoms with van der Waals surface area (Å²) in [5.74, 6) is 0. The van der Waals surface area contributed by atoms with Crippen molar-refractivity contribution < 1.29 is 0 Å². The molecule has 0 spiro atoms. The third-order valence-electron chi connectivity index (χ3n) is 1.13. The van der Waals surface area contributed by atoms with Gasteiger partial charge in [-0.3, -0.25) is 0 Å². The average molecular weight is 119 g/mol. The molecule has 0 bridgehead atoms. The molecule has 0 radical (unpaired) electrons. The first-order chi connectivity index (χ1) is 4.25. The van der Waals surface area contributed by atoms with Crippen LogP contribution in [0.25, 0.3) is 0 Å². The van der Waals surface area contributed by atoms with Gasteiger partial charge in [-0.1, -0.05) is 6.58 Å². The van der Waals surface area contributed by atoms with E-state index in [1.165, 1.54) is 0 Å². The van der Waals surface area contributed by atoms with Crippen LogP contribution in [0.3, 0.4) is 0 Å². The van der Waals surface area contributed by atoms with Crippen LogP contribution in [0.5, 0.6) is 0 Å². The molecule has 0 saturated heterocycles. The predicted molar refractivity (Wildman–Crippen MR) is 35.3 cm³/mol. The maximum Gasteiger partial charge on any atom is 0.171 e. The van der Waals surface area contributed by atoms with E-state index < -0.39 is 0 Å². The lowest BCUT2D eigenvalue weighted by molar-refractivity contribution is 1.27. The highest BCUT2D eigenvalue weighted by molar-refractivity contribution is 6.30. The lowest BCUT2D eigenvalue weighted by atomic mass is 10.1. The van der Waals surface area contributed by atoms with Crippen LogP contribution in [0.15, 0.2) is 22.4 Å². The second-order valence-corrected chi connectivity index (χ2v) is 1.72. The van der Waals surface area contributed by atoms with E-state index in [-0.39, 0.29) is 0 Å². The summed E-state index contributed by atoms with van der Waals surface area (Å²) in [5, 5.41) is 15.6. The molecular formula is C6H5N3. The molecule has 0 unspecified atom stereocenters. The number of allylic oxidation sites excluding steroid dienone is 1. The molecule has 0 N–H and O–H groups in total. The van der Waals surface area contributed by atoms with Gasteiger partial charge in [0.1, 0.15) is 6.07 Å². The highest BCUT2D eigenvalue weighted by atomic mass is 15.2. The molecular weight excluding hydrogens is 114 g/mol. The molecule has 3 heteroatoms. The zero-order chi connectivity index (χ0) is 6.85. The fourth-order valence-corrected chi connectivity index (χ4v) is 0.507. The molecule has 0 aromatic heterocycles. The van der Waals surface area contributed by atoms with Crippen molar-refractivity contribution >= 4 is 11.4 Å². The van der Waals surface area contributed by atoms with Crippen LogP contribution in [-0.4, -0.2) is 11.4 Å². The Morgan fingerprint density at radius 3 is 2.44 bits per heavy atom. The fraction of sp³-hybridized carbons (Fsp3) is 0.167. The zero-order valence-corrected chi connectivity index (χ0v) is 5.05. The first-order valence-corrected chi connectivity index (χ1v) is 2.47. The van der Waals surface area contributed by atoms with Gasteiger partial charge in [-0.25, -0.2) is 0 Å². The molecule has 0 saturated carbocycles. The van der Waals surface area contributed by atoms with Crippen molar-refractivity contribution in [3.63, 3.8) is 0 Å². The van der Waals surface area contributed by atoms with Crippen LogP contribution >= 0.6 is 0 Å². The Labute approximate surface area is 53.0 Å². The number of nitrogens with zero attached hydrogens (tertiary/aromatic N) is 3. The summed E-state index contributed by atoms with van der Waals surface area (Å²) in [6, 6.07) is 1.88. The fourth-order valence-electron chi connectivity index (χ4n) is 0.507. The monoisotopic (exact) mass is 119 g/mol. The van der Waals surface area contributed by atoms with Gasteiger partial charge < -0.3 is 0 Å². The van der Waals surface area contributed by atoms with Crippen molar-refractivity contribution in [1.29, 1.82) is 5.26 Å². The highest BCUT2D eigenvalue weighted by Gasteiger charge is 2.11. The molecule has 1 rings (SSSR count). The quantitative estimate of drug-likeness (QED) is 0.467. The van der Waals surface area contributed by atoms with E-state index >= 15 is 0 Å². The van der Waals surface area contributed by atoms with Gasteiger partial charge >= 0.3 is 0 Å². The van der Waals surface area contributed by atoms with Crippen molar-refractivity contribution in [2.45, 2.75) is 6.92 Å². The van der Waals surface area contributed by atoms with Crippen molar-refractivity contribution in [3.05, 3.63) is 12.2 Å². The van der Waals surface area contributed by atoms with Gasteiger partial charge in [0.05, 0.1) is 5.71 Å². The lowest BCUT2D eigenvalue weighted by Gasteiger charge is -1.86. The van der Waals surface area contributed by atoms with Gasteiger partial charge in [0.15, 0.2) is 5.71 Å². The minimum absolute atomic E-state index is 0.326. The molecule has 1 aliphatic heterocycles. The summed E-state index contributed by atoms with van der Waals surface area (Å²) in [7, 11) is 0. The Morgan fingerprint density at radius 2 is 2.22 bits per heavy atom. The van der Waals surface area contributed by atoms with E-state index in [1.54, 1.807) is 6.92 Å². The molecule has 9 heavy (non-hydrogen) atoms. The van der Waals surface area contributed by atoms with E-state index in [4.69, 9.17) is 5.26 Å². The summed E-state index contributed by atoms with van der Waals surface area (Å²) in [5.41, 5.74) is 1.69. The summed E-state index contributed by atoms with van der Waals surface area (Å²) in [6.45, 7) is 5.38. The summed E-state index contributed by atoms with van der Waals surface area (Å²) >= 11 is 0. The lowest BCUT2D eigenvalue weighted by Crippen LogP contribution is -1.99. The number of hydrogen-bond donors (Lipinski definition) is 0. The normalized spacial score (nSPS) is 16.7.